The number of hydrogen-bond donors (Lipinski definition) is 1. The average Bonchev–Trinajstić information content (AvgIpc) is 2.06. The number of ether oxygens (including phenoxy) is 1. The number of carbonyl (C=O) groups is 2. The predicted octanol–water partition coefficient (Wildman–Crippen LogP) is 0.960. The quantitative estimate of drug-likeness (QED) is 0.398. The second kappa shape index (κ2) is 2.89. The van der Waals surface area contributed by atoms with Crippen LogP contribution in [0.3, 0.4) is 0 Å². The van der Waals surface area contributed by atoms with Gasteiger partial charge in [0.15, 0.2) is 0 Å². The molecule has 0 saturated carbocycles. The van der Waals surface area contributed by atoms with E-state index < -0.39 is 26.2 Å². The van der Waals surface area contributed by atoms with Crippen LogP contribution < -0.4 is 5.32 Å². The lowest BCUT2D eigenvalue weighted by molar-refractivity contribution is -0.134. The molecule has 0 aromatic heterocycles. The lowest BCUT2D eigenvalue weighted by atomic mass is 10.4. The first-order valence-electron chi connectivity index (χ1n) is 3.91. The average molecular weight is 187 g/mol. The van der Waals surface area contributed by atoms with Gasteiger partial charge in [0, 0.05) is 8.07 Å². The van der Waals surface area contributed by atoms with Crippen molar-refractivity contribution in [3.05, 3.63) is 0 Å². The summed E-state index contributed by atoms with van der Waals surface area (Å²) in [5.41, 5.74) is 0. The van der Waals surface area contributed by atoms with Crippen LogP contribution in [0.2, 0.25) is 25.7 Å². The van der Waals surface area contributed by atoms with Crippen LogP contribution >= 0.6 is 0 Å². The summed E-state index contributed by atoms with van der Waals surface area (Å²) < 4.78 is 4.35. The van der Waals surface area contributed by atoms with Gasteiger partial charge in [-0.3, -0.25) is 0 Å². The molecule has 0 aliphatic carbocycles. The number of amides is 1. The van der Waals surface area contributed by atoms with Crippen molar-refractivity contribution in [3.63, 3.8) is 0 Å². The number of esters is 1. The van der Waals surface area contributed by atoms with Crippen molar-refractivity contribution in [3.8, 4) is 0 Å². The predicted molar refractivity (Wildman–Crippen MR) is 46.6 cm³/mol. The van der Waals surface area contributed by atoms with Crippen molar-refractivity contribution in [2.45, 2.75) is 31.7 Å². The Hall–Kier alpha value is -0.843. The summed E-state index contributed by atoms with van der Waals surface area (Å²) >= 11 is 0. The van der Waals surface area contributed by atoms with Crippen LogP contribution in [0.15, 0.2) is 0 Å². The normalized spacial score (nSPS) is 23.8. The zero-order chi connectivity index (χ0) is 9.35. The number of nitrogens with one attached hydrogen (secondary N) is 1. The maximum Gasteiger partial charge on any atom is 0.415 e. The Bertz CT molecular complexity index is 221. The van der Waals surface area contributed by atoms with Gasteiger partial charge < -0.3 is 10.1 Å². The van der Waals surface area contributed by atoms with Crippen LogP contribution in [-0.2, 0) is 9.53 Å². The van der Waals surface area contributed by atoms with E-state index in [2.05, 4.69) is 29.7 Å². The van der Waals surface area contributed by atoms with Gasteiger partial charge in [0.1, 0.15) is 6.04 Å². The minimum absolute atomic E-state index is 0.399. The van der Waals surface area contributed by atoms with E-state index in [1.54, 1.807) is 0 Å². The molecule has 1 aliphatic heterocycles. The smallest absolute Gasteiger partial charge is 0.375 e. The molecule has 0 aromatic rings. The third kappa shape index (κ3) is 2.33. The minimum atomic E-state index is -1.31. The number of hydrogen-bond acceptors (Lipinski definition) is 3. The van der Waals surface area contributed by atoms with Gasteiger partial charge in [-0.1, -0.05) is 19.6 Å². The van der Waals surface area contributed by atoms with Gasteiger partial charge in [0.2, 0.25) is 0 Å². The highest BCUT2D eigenvalue weighted by molar-refractivity contribution is 6.76. The molecule has 68 valence electrons. The van der Waals surface area contributed by atoms with Gasteiger partial charge in [0.25, 0.3) is 0 Å². The molecule has 0 aromatic carbocycles. The van der Waals surface area contributed by atoms with Gasteiger partial charge in [-0.15, -0.1) is 0 Å². The van der Waals surface area contributed by atoms with Crippen molar-refractivity contribution < 1.29 is 14.3 Å². The highest BCUT2D eigenvalue weighted by Crippen LogP contribution is 2.15. The lowest BCUT2D eigenvalue weighted by Gasteiger charge is -2.17. The first-order chi connectivity index (χ1) is 5.38. The van der Waals surface area contributed by atoms with Crippen LogP contribution in [0, 0.1) is 0 Å². The van der Waals surface area contributed by atoms with E-state index in [4.69, 9.17) is 0 Å². The zero-order valence-corrected chi connectivity index (χ0v) is 8.51. The number of carbonyl (C=O) groups excluding carboxylic acids is 2. The van der Waals surface area contributed by atoms with Gasteiger partial charge in [0.05, 0.1) is 0 Å². The van der Waals surface area contributed by atoms with Gasteiger partial charge >= 0.3 is 12.1 Å². The summed E-state index contributed by atoms with van der Waals surface area (Å²) in [5, 5.41) is 2.48. The monoisotopic (exact) mass is 187 g/mol. The highest BCUT2D eigenvalue weighted by Gasteiger charge is 2.35. The molecular weight excluding hydrogens is 174 g/mol. The molecule has 1 aliphatic rings. The van der Waals surface area contributed by atoms with E-state index in [-0.39, 0.29) is 0 Å². The second-order valence-corrected chi connectivity index (χ2v) is 9.70. The van der Waals surface area contributed by atoms with Crippen molar-refractivity contribution >= 4 is 20.1 Å². The highest BCUT2D eigenvalue weighted by atomic mass is 28.3. The standard InChI is InChI=1S/C7H13NO3Si/c1-12(2,3)4-5-6(9)11-7(10)8-5/h5H,4H2,1-3H3,(H,8,10). The first kappa shape index (κ1) is 9.25. The maximum atomic E-state index is 11.0. The molecule has 0 spiro atoms. The largest absolute Gasteiger partial charge is 0.415 e. The van der Waals surface area contributed by atoms with Crippen molar-refractivity contribution in [1.29, 1.82) is 0 Å². The zero-order valence-electron chi connectivity index (χ0n) is 7.51. The summed E-state index contributed by atoms with van der Waals surface area (Å²) in [6.07, 6.45) is -0.608. The van der Waals surface area contributed by atoms with Crippen molar-refractivity contribution in [2.75, 3.05) is 0 Å². The molecule has 1 amide bonds. The fourth-order valence-electron chi connectivity index (χ4n) is 1.14. The molecular formula is C7H13NO3Si. The van der Waals surface area contributed by atoms with Crippen molar-refractivity contribution in [1.82, 2.24) is 5.32 Å². The SMILES string of the molecule is C[Si](C)(C)CC1NC(=O)OC1=O. The second-order valence-electron chi connectivity index (χ2n) is 4.17. The molecule has 1 rings (SSSR count). The molecule has 12 heavy (non-hydrogen) atoms. The summed E-state index contributed by atoms with van der Waals surface area (Å²) in [6.45, 7) is 6.43. The van der Waals surface area contributed by atoms with Crippen LogP contribution in [0.4, 0.5) is 4.79 Å². The Kier molecular flexibility index (Phi) is 2.23. The molecule has 1 fully saturated rings. The Morgan fingerprint density at radius 3 is 2.33 bits per heavy atom. The molecule has 1 heterocycles. The number of cyclic esters (lactones) is 2. The molecule has 1 atom stereocenters. The third-order valence-electron chi connectivity index (χ3n) is 1.59. The Labute approximate surface area is 72.3 Å². The van der Waals surface area contributed by atoms with Crippen LogP contribution in [-0.4, -0.2) is 26.2 Å². The third-order valence-corrected chi connectivity index (χ3v) is 3.22. The van der Waals surface area contributed by atoms with Crippen LogP contribution in [0.1, 0.15) is 0 Å². The van der Waals surface area contributed by atoms with Crippen LogP contribution in [0.5, 0.6) is 0 Å². The summed E-state index contributed by atoms with van der Waals surface area (Å²) in [6, 6.07) is 0.349. The summed E-state index contributed by atoms with van der Waals surface area (Å²) in [5.74, 6) is -0.428. The van der Waals surface area contributed by atoms with E-state index >= 15 is 0 Å². The van der Waals surface area contributed by atoms with Gasteiger partial charge in [-0.05, 0) is 6.04 Å². The fourth-order valence-corrected chi connectivity index (χ4v) is 2.63. The van der Waals surface area contributed by atoms with E-state index in [0.29, 0.717) is 0 Å². The summed E-state index contributed by atoms with van der Waals surface area (Å²) in [4.78, 5) is 21.6. The molecule has 0 radical (unpaired) electrons. The molecule has 1 N–H and O–H groups in total. The Balaban J connectivity index is 2.54. The summed E-state index contributed by atoms with van der Waals surface area (Å²) in [7, 11) is -1.31. The first-order valence-corrected chi connectivity index (χ1v) is 7.61. The number of rotatable bonds is 2. The topological polar surface area (TPSA) is 55.4 Å². The van der Waals surface area contributed by atoms with E-state index in [9.17, 15) is 9.59 Å². The molecule has 4 nitrogen and oxygen atoms in total. The minimum Gasteiger partial charge on any atom is -0.375 e. The molecule has 0 bridgehead atoms. The molecule has 5 heteroatoms. The molecule has 1 saturated heterocycles. The number of alkyl carbamates (subject to hydrolysis) is 1. The van der Waals surface area contributed by atoms with E-state index in [0.717, 1.165) is 6.04 Å². The fraction of sp³-hybridized carbons (Fsp3) is 0.714. The lowest BCUT2D eigenvalue weighted by Crippen LogP contribution is -2.36. The Morgan fingerprint density at radius 1 is 1.42 bits per heavy atom. The Morgan fingerprint density at radius 2 is 2.00 bits per heavy atom. The van der Waals surface area contributed by atoms with Crippen LogP contribution in [0.25, 0.3) is 0 Å². The molecule has 1 unspecified atom stereocenters. The van der Waals surface area contributed by atoms with Gasteiger partial charge in [-0.2, -0.15) is 0 Å². The van der Waals surface area contributed by atoms with Crippen molar-refractivity contribution in [2.24, 2.45) is 0 Å². The van der Waals surface area contributed by atoms with E-state index in [1.807, 2.05) is 0 Å². The van der Waals surface area contributed by atoms with Gasteiger partial charge in [-0.25, -0.2) is 9.59 Å². The van der Waals surface area contributed by atoms with E-state index in [1.165, 1.54) is 0 Å². The maximum absolute atomic E-state index is 11.0.